The van der Waals surface area contributed by atoms with E-state index in [9.17, 15) is 9.90 Å². The Morgan fingerprint density at radius 3 is 2.35 bits per heavy atom. The zero-order valence-corrected chi connectivity index (χ0v) is 10.3. The molecule has 0 saturated carbocycles. The molecule has 5 nitrogen and oxygen atoms in total. The Labute approximate surface area is 99.9 Å². The maximum absolute atomic E-state index is 11.2. The van der Waals surface area contributed by atoms with E-state index in [1.807, 2.05) is 0 Å². The Hall–Kier alpha value is -1.75. The predicted molar refractivity (Wildman–Crippen MR) is 61.3 cm³/mol. The third-order valence-corrected chi connectivity index (χ3v) is 2.43. The molecule has 1 aromatic carbocycles. The number of benzene rings is 1. The van der Waals surface area contributed by atoms with Gasteiger partial charge in [0.2, 0.25) is 0 Å². The van der Waals surface area contributed by atoms with E-state index >= 15 is 0 Å². The first kappa shape index (κ1) is 13.3. The van der Waals surface area contributed by atoms with Gasteiger partial charge in [-0.25, -0.2) is 4.79 Å². The van der Waals surface area contributed by atoms with Crippen LogP contribution in [0.15, 0.2) is 12.1 Å². The van der Waals surface area contributed by atoms with Gasteiger partial charge < -0.3 is 19.3 Å². The van der Waals surface area contributed by atoms with Crippen molar-refractivity contribution < 1.29 is 24.1 Å². The van der Waals surface area contributed by atoms with Crippen molar-refractivity contribution in [3.63, 3.8) is 0 Å². The molecule has 0 radical (unpaired) electrons. The molecule has 1 N–H and O–H groups in total. The summed E-state index contributed by atoms with van der Waals surface area (Å²) in [4.78, 5) is 11.2. The molecular weight excluding hydrogens is 224 g/mol. The lowest BCUT2D eigenvalue weighted by molar-refractivity contribution is -0.150. The Morgan fingerprint density at radius 2 is 1.88 bits per heavy atom. The third-order valence-electron chi connectivity index (χ3n) is 2.43. The van der Waals surface area contributed by atoms with Gasteiger partial charge in [-0.3, -0.25) is 0 Å². The number of hydrogen-bond acceptors (Lipinski definition) is 5. The molecule has 0 fully saturated rings. The summed E-state index contributed by atoms with van der Waals surface area (Å²) in [6, 6.07) is 3.20. The molecule has 94 valence electrons. The largest absolute Gasteiger partial charge is 0.493 e. The lowest BCUT2D eigenvalue weighted by Crippen LogP contribution is -2.13. The summed E-state index contributed by atoms with van der Waals surface area (Å²) in [6.45, 7) is 1.80. The van der Waals surface area contributed by atoms with Crippen LogP contribution in [0.5, 0.6) is 11.5 Å². The van der Waals surface area contributed by atoms with Crippen LogP contribution < -0.4 is 9.47 Å². The van der Waals surface area contributed by atoms with E-state index in [4.69, 9.17) is 9.47 Å². The second-order valence-corrected chi connectivity index (χ2v) is 3.50. The highest BCUT2D eigenvalue weighted by atomic mass is 16.5. The zero-order valence-electron chi connectivity index (χ0n) is 10.3. The molecule has 0 bridgehead atoms. The first-order chi connectivity index (χ1) is 8.04. The molecule has 5 heteroatoms. The van der Waals surface area contributed by atoms with Crippen LogP contribution in [-0.2, 0) is 9.53 Å². The first-order valence-corrected chi connectivity index (χ1v) is 5.03. The number of aryl methyl sites for hydroxylation is 1. The normalized spacial score (nSPS) is 11.8. The number of carbonyl (C=O) groups is 1. The number of carbonyl (C=O) groups excluding carboxylic acids is 1. The van der Waals surface area contributed by atoms with Crippen LogP contribution in [0.25, 0.3) is 0 Å². The average Bonchev–Trinajstić information content (AvgIpc) is 2.35. The van der Waals surface area contributed by atoms with E-state index in [1.54, 1.807) is 19.1 Å². The van der Waals surface area contributed by atoms with Crippen molar-refractivity contribution in [2.24, 2.45) is 0 Å². The van der Waals surface area contributed by atoms with E-state index in [1.165, 1.54) is 21.3 Å². The van der Waals surface area contributed by atoms with E-state index in [0.29, 0.717) is 17.1 Å². The molecule has 0 aliphatic heterocycles. The number of ether oxygens (including phenoxy) is 3. The minimum Gasteiger partial charge on any atom is -0.493 e. The van der Waals surface area contributed by atoms with Crippen LogP contribution in [0.2, 0.25) is 0 Å². The maximum atomic E-state index is 11.2. The SMILES string of the molecule is COC(=O)C(O)c1cc(C)c(OC)c(OC)c1. The highest BCUT2D eigenvalue weighted by Gasteiger charge is 2.21. The first-order valence-electron chi connectivity index (χ1n) is 5.03. The van der Waals surface area contributed by atoms with Crippen molar-refractivity contribution in [1.82, 2.24) is 0 Å². The number of esters is 1. The number of aliphatic hydroxyl groups is 1. The Bertz CT molecular complexity index is 414. The average molecular weight is 240 g/mol. The van der Waals surface area contributed by atoms with E-state index in [-0.39, 0.29) is 0 Å². The standard InChI is InChI=1S/C12H16O5/c1-7-5-8(10(13)12(14)17-4)6-9(15-2)11(7)16-3/h5-6,10,13H,1-4H3. The Balaban J connectivity index is 3.19. The van der Waals surface area contributed by atoms with Gasteiger partial charge >= 0.3 is 5.97 Å². The third kappa shape index (κ3) is 2.68. The summed E-state index contributed by atoms with van der Waals surface area (Å²) in [5.74, 6) is 0.329. The van der Waals surface area contributed by atoms with Gasteiger partial charge in [-0.15, -0.1) is 0 Å². The number of methoxy groups -OCH3 is 3. The van der Waals surface area contributed by atoms with Crippen molar-refractivity contribution >= 4 is 5.97 Å². The van der Waals surface area contributed by atoms with E-state index in [2.05, 4.69) is 4.74 Å². The van der Waals surface area contributed by atoms with Gasteiger partial charge in [0.15, 0.2) is 17.6 Å². The molecule has 1 atom stereocenters. The van der Waals surface area contributed by atoms with Crippen LogP contribution >= 0.6 is 0 Å². The van der Waals surface area contributed by atoms with Crippen molar-refractivity contribution in [3.8, 4) is 11.5 Å². The number of aliphatic hydroxyl groups excluding tert-OH is 1. The van der Waals surface area contributed by atoms with Gasteiger partial charge in [0.1, 0.15) is 0 Å². The van der Waals surface area contributed by atoms with Crippen molar-refractivity contribution in [3.05, 3.63) is 23.3 Å². The summed E-state index contributed by atoms with van der Waals surface area (Å²) in [7, 11) is 4.24. The van der Waals surface area contributed by atoms with Gasteiger partial charge in [0.25, 0.3) is 0 Å². The second kappa shape index (κ2) is 5.54. The van der Waals surface area contributed by atoms with Gasteiger partial charge in [-0.2, -0.15) is 0 Å². The molecule has 0 aliphatic carbocycles. The predicted octanol–water partition coefficient (Wildman–Crippen LogP) is 1.22. The lowest BCUT2D eigenvalue weighted by Gasteiger charge is -2.15. The van der Waals surface area contributed by atoms with Crippen LogP contribution in [0, 0.1) is 6.92 Å². The molecule has 17 heavy (non-hydrogen) atoms. The van der Waals surface area contributed by atoms with Gasteiger partial charge in [0.05, 0.1) is 21.3 Å². The van der Waals surface area contributed by atoms with Crippen molar-refractivity contribution in [2.45, 2.75) is 13.0 Å². The summed E-state index contributed by atoms with van der Waals surface area (Å²) >= 11 is 0. The Morgan fingerprint density at radius 1 is 1.24 bits per heavy atom. The molecule has 0 aliphatic rings. The smallest absolute Gasteiger partial charge is 0.339 e. The van der Waals surface area contributed by atoms with Crippen LogP contribution in [0.1, 0.15) is 17.2 Å². The highest BCUT2D eigenvalue weighted by molar-refractivity contribution is 5.76. The summed E-state index contributed by atoms with van der Waals surface area (Å²) in [5, 5.41) is 9.73. The molecule has 0 amide bonds. The minimum atomic E-state index is -1.32. The fourth-order valence-electron chi connectivity index (χ4n) is 1.59. The quantitative estimate of drug-likeness (QED) is 0.801. The maximum Gasteiger partial charge on any atom is 0.339 e. The summed E-state index contributed by atoms with van der Waals surface area (Å²) in [6.07, 6.45) is -1.32. The molecule has 0 saturated heterocycles. The topological polar surface area (TPSA) is 65.0 Å². The minimum absolute atomic E-state index is 0.409. The lowest BCUT2D eigenvalue weighted by atomic mass is 10.0. The molecule has 0 heterocycles. The summed E-state index contributed by atoms with van der Waals surface area (Å²) in [5.41, 5.74) is 1.18. The number of rotatable bonds is 4. The summed E-state index contributed by atoms with van der Waals surface area (Å²) < 4.78 is 14.8. The van der Waals surface area contributed by atoms with Crippen LogP contribution in [0.4, 0.5) is 0 Å². The molecule has 1 rings (SSSR count). The Kier molecular flexibility index (Phi) is 4.34. The molecule has 0 aromatic heterocycles. The fourth-order valence-corrected chi connectivity index (χ4v) is 1.59. The molecule has 1 unspecified atom stereocenters. The monoisotopic (exact) mass is 240 g/mol. The van der Waals surface area contributed by atoms with Crippen LogP contribution in [-0.4, -0.2) is 32.4 Å². The number of hydrogen-bond donors (Lipinski definition) is 1. The fraction of sp³-hybridized carbons (Fsp3) is 0.417. The molecule has 0 spiro atoms. The second-order valence-electron chi connectivity index (χ2n) is 3.50. The zero-order chi connectivity index (χ0) is 13.0. The van der Waals surface area contributed by atoms with Gasteiger partial charge in [-0.1, -0.05) is 0 Å². The van der Waals surface area contributed by atoms with Crippen molar-refractivity contribution in [1.29, 1.82) is 0 Å². The van der Waals surface area contributed by atoms with Gasteiger partial charge in [0, 0.05) is 0 Å². The van der Waals surface area contributed by atoms with E-state index < -0.39 is 12.1 Å². The highest BCUT2D eigenvalue weighted by Crippen LogP contribution is 2.34. The molecular formula is C12H16O5. The van der Waals surface area contributed by atoms with Crippen LogP contribution in [0.3, 0.4) is 0 Å². The molecule has 1 aromatic rings. The van der Waals surface area contributed by atoms with Crippen molar-refractivity contribution in [2.75, 3.05) is 21.3 Å². The van der Waals surface area contributed by atoms with E-state index in [0.717, 1.165) is 5.56 Å². The van der Waals surface area contributed by atoms with Gasteiger partial charge in [-0.05, 0) is 30.2 Å².